The highest BCUT2D eigenvalue weighted by molar-refractivity contribution is 5.69. The number of hydrogen-bond acceptors (Lipinski definition) is 3. The van der Waals surface area contributed by atoms with E-state index in [0.717, 1.165) is 24.5 Å². The average molecular weight is 240 g/mol. The van der Waals surface area contributed by atoms with Gasteiger partial charge in [-0.05, 0) is 24.1 Å². The van der Waals surface area contributed by atoms with Gasteiger partial charge in [0.1, 0.15) is 6.61 Å². The van der Waals surface area contributed by atoms with Gasteiger partial charge in [-0.3, -0.25) is 0 Å². The van der Waals surface area contributed by atoms with Crippen LogP contribution in [0.1, 0.15) is 11.1 Å². The molecular weight excluding hydrogens is 224 g/mol. The molecule has 0 atom stereocenters. The van der Waals surface area contributed by atoms with Gasteiger partial charge >= 0.3 is 0 Å². The molecule has 0 radical (unpaired) electrons. The topological polar surface area (TPSA) is 34.2 Å². The van der Waals surface area contributed by atoms with Crippen molar-refractivity contribution in [3.05, 3.63) is 47.7 Å². The number of benzene rings is 1. The second kappa shape index (κ2) is 4.78. The molecule has 3 rings (SSSR count). The SMILES string of the molecule is Cc1ccc(-c2ccnc3c2CNCCO3)cc1. The van der Waals surface area contributed by atoms with Crippen molar-refractivity contribution in [2.24, 2.45) is 0 Å². The van der Waals surface area contributed by atoms with Crippen molar-refractivity contribution >= 4 is 0 Å². The molecule has 1 N–H and O–H groups in total. The van der Waals surface area contributed by atoms with Crippen LogP contribution in [0.2, 0.25) is 0 Å². The molecular formula is C15H16N2O. The summed E-state index contributed by atoms with van der Waals surface area (Å²) in [7, 11) is 0. The minimum atomic E-state index is 0.678. The van der Waals surface area contributed by atoms with Gasteiger partial charge in [0.15, 0.2) is 0 Å². The number of aryl methyl sites for hydroxylation is 1. The summed E-state index contributed by atoms with van der Waals surface area (Å²) in [5.74, 6) is 0.762. The molecule has 2 heterocycles. The Hall–Kier alpha value is -1.87. The van der Waals surface area contributed by atoms with E-state index in [-0.39, 0.29) is 0 Å². The molecule has 1 aromatic heterocycles. The number of nitrogens with zero attached hydrogens (tertiary/aromatic N) is 1. The van der Waals surface area contributed by atoms with Crippen LogP contribution in [0.4, 0.5) is 0 Å². The lowest BCUT2D eigenvalue weighted by Crippen LogP contribution is -2.16. The van der Waals surface area contributed by atoms with E-state index in [1.54, 1.807) is 0 Å². The van der Waals surface area contributed by atoms with E-state index in [0.29, 0.717) is 6.61 Å². The Kier molecular flexibility index (Phi) is 2.99. The third-order valence-electron chi connectivity index (χ3n) is 3.20. The highest BCUT2D eigenvalue weighted by Gasteiger charge is 2.14. The lowest BCUT2D eigenvalue weighted by Gasteiger charge is -2.11. The van der Waals surface area contributed by atoms with E-state index in [1.165, 1.54) is 16.7 Å². The summed E-state index contributed by atoms with van der Waals surface area (Å²) in [4.78, 5) is 4.32. The molecule has 0 spiro atoms. The summed E-state index contributed by atoms with van der Waals surface area (Å²) in [6.45, 7) is 4.45. The molecule has 2 aromatic rings. The molecule has 1 aliphatic rings. The maximum atomic E-state index is 5.66. The number of pyridine rings is 1. The van der Waals surface area contributed by atoms with Crippen LogP contribution in [0.25, 0.3) is 11.1 Å². The summed E-state index contributed by atoms with van der Waals surface area (Å²) < 4.78 is 5.66. The van der Waals surface area contributed by atoms with Gasteiger partial charge in [-0.25, -0.2) is 4.98 Å². The normalized spacial score (nSPS) is 14.5. The number of nitrogens with one attached hydrogen (secondary N) is 1. The van der Waals surface area contributed by atoms with Crippen molar-refractivity contribution < 1.29 is 4.74 Å². The summed E-state index contributed by atoms with van der Waals surface area (Å²) in [5.41, 5.74) is 4.84. The first kappa shape index (κ1) is 11.2. The monoisotopic (exact) mass is 240 g/mol. The predicted molar refractivity (Wildman–Crippen MR) is 71.6 cm³/mol. The smallest absolute Gasteiger partial charge is 0.218 e. The van der Waals surface area contributed by atoms with E-state index in [1.807, 2.05) is 6.20 Å². The van der Waals surface area contributed by atoms with Crippen LogP contribution in [-0.2, 0) is 6.54 Å². The molecule has 0 bridgehead atoms. The number of hydrogen-bond donors (Lipinski definition) is 1. The highest BCUT2D eigenvalue weighted by Crippen LogP contribution is 2.29. The predicted octanol–water partition coefficient (Wildman–Crippen LogP) is 2.54. The standard InChI is InChI=1S/C15H16N2O/c1-11-2-4-12(5-3-11)13-6-7-17-15-14(13)10-16-8-9-18-15/h2-7,16H,8-10H2,1H3. The first-order chi connectivity index (χ1) is 8.84. The van der Waals surface area contributed by atoms with Crippen molar-refractivity contribution in [1.82, 2.24) is 10.3 Å². The first-order valence-electron chi connectivity index (χ1n) is 6.23. The zero-order valence-corrected chi connectivity index (χ0v) is 10.4. The number of aromatic nitrogens is 1. The molecule has 3 heteroatoms. The molecule has 18 heavy (non-hydrogen) atoms. The molecule has 0 saturated carbocycles. The van der Waals surface area contributed by atoms with Gasteiger partial charge in [-0.1, -0.05) is 29.8 Å². The van der Waals surface area contributed by atoms with Crippen LogP contribution in [-0.4, -0.2) is 18.1 Å². The first-order valence-corrected chi connectivity index (χ1v) is 6.23. The van der Waals surface area contributed by atoms with Gasteiger partial charge in [0.05, 0.1) is 0 Å². The minimum absolute atomic E-state index is 0.678. The van der Waals surface area contributed by atoms with Gasteiger partial charge in [0, 0.05) is 24.8 Å². The zero-order chi connectivity index (χ0) is 12.4. The Labute approximate surface area is 107 Å². The Bertz CT molecular complexity index is 549. The molecule has 1 aromatic carbocycles. The van der Waals surface area contributed by atoms with Gasteiger partial charge in [-0.2, -0.15) is 0 Å². The van der Waals surface area contributed by atoms with Crippen molar-refractivity contribution in [3.8, 4) is 17.0 Å². The van der Waals surface area contributed by atoms with Crippen molar-refractivity contribution in [2.75, 3.05) is 13.2 Å². The van der Waals surface area contributed by atoms with Crippen LogP contribution in [0.3, 0.4) is 0 Å². The largest absolute Gasteiger partial charge is 0.476 e. The Balaban J connectivity index is 2.09. The molecule has 0 unspecified atom stereocenters. The van der Waals surface area contributed by atoms with E-state index < -0.39 is 0 Å². The fourth-order valence-electron chi connectivity index (χ4n) is 2.21. The van der Waals surface area contributed by atoms with Crippen LogP contribution in [0.5, 0.6) is 5.88 Å². The van der Waals surface area contributed by atoms with Crippen molar-refractivity contribution in [2.45, 2.75) is 13.5 Å². The van der Waals surface area contributed by atoms with Crippen LogP contribution in [0, 0.1) is 6.92 Å². The maximum absolute atomic E-state index is 5.66. The zero-order valence-electron chi connectivity index (χ0n) is 10.4. The molecule has 0 aliphatic carbocycles. The lowest BCUT2D eigenvalue weighted by atomic mass is 10.0. The Morgan fingerprint density at radius 3 is 2.83 bits per heavy atom. The quantitative estimate of drug-likeness (QED) is 0.831. The fraction of sp³-hybridized carbons (Fsp3) is 0.267. The van der Waals surface area contributed by atoms with E-state index in [4.69, 9.17) is 4.74 Å². The van der Waals surface area contributed by atoms with Crippen LogP contribution >= 0.6 is 0 Å². The molecule has 0 saturated heterocycles. The summed E-state index contributed by atoms with van der Waals surface area (Å²) in [6, 6.07) is 10.6. The molecule has 92 valence electrons. The molecule has 1 aliphatic heterocycles. The Morgan fingerprint density at radius 2 is 2.00 bits per heavy atom. The van der Waals surface area contributed by atoms with Crippen molar-refractivity contribution in [1.29, 1.82) is 0 Å². The maximum Gasteiger partial charge on any atom is 0.218 e. The highest BCUT2D eigenvalue weighted by atomic mass is 16.5. The number of ether oxygens (including phenoxy) is 1. The molecule has 3 nitrogen and oxygen atoms in total. The fourth-order valence-corrected chi connectivity index (χ4v) is 2.21. The summed E-state index contributed by atoms with van der Waals surface area (Å²) >= 11 is 0. The number of rotatable bonds is 1. The van der Waals surface area contributed by atoms with Gasteiger partial charge < -0.3 is 10.1 Å². The third kappa shape index (κ3) is 2.09. The second-order valence-electron chi connectivity index (χ2n) is 4.53. The van der Waals surface area contributed by atoms with E-state index in [2.05, 4.69) is 47.6 Å². The van der Waals surface area contributed by atoms with Crippen molar-refractivity contribution in [3.63, 3.8) is 0 Å². The average Bonchev–Trinajstić information content (AvgIpc) is 2.64. The minimum Gasteiger partial charge on any atom is -0.476 e. The van der Waals surface area contributed by atoms with Crippen LogP contribution < -0.4 is 10.1 Å². The Morgan fingerprint density at radius 1 is 1.17 bits per heavy atom. The van der Waals surface area contributed by atoms with Crippen LogP contribution in [0.15, 0.2) is 36.5 Å². The number of fused-ring (bicyclic) bond motifs is 1. The van der Waals surface area contributed by atoms with E-state index >= 15 is 0 Å². The molecule has 0 fully saturated rings. The molecule has 0 amide bonds. The summed E-state index contributed by atoms with van der Waals surface area (Å²) in [6.07, 6.45) is 1.82. The van der Waals surface area contributed by atoms with Gasteiger partial charge in [-0.15, -0.1) is 0 Å². The van der Waals surface area contributed by atoms with E-state index in [9.17, 15) is 0 Å². The summed E-state index contributed by atoms with van der Waals surface area (Å²) in [5, 5.41) is 3.36. The lowest BCUT2D eigenvalue weighted by molar-refractivity contribution is 0.314. The van der Waals surface area contributed by atoms with Gasteiger partial charge in [0.25, 0.3) is 0 Å². The second-order valence-corrected chi connectivity index (χ2v) is 4.53. The third-order valence-corrected chi connectivity index (χ3v) is 3.20. The van der Waals surface area contributed by atoms with Gasteiger partial charge in [0.2, 0.25) is 5.88 Å².